The molecule has 0 aliphatic rings. The van der Waals surface area contributed by atoms with E-state index < -0.39 is 13.0 Å². The van der Waals surface area contributed by atoms with E-state index in [4.69, 9.17) is 5.11 Å². The molecule has 0 aliphatic heterocycles. The molecule has 0 saturated carbocycles. The van der Waals surface area contributed by atoms with Gasteiger partial charge in [-0.25, -0.2) is 8.78 Å². The van der Waals surface area contributed by atoms with Crippen LogP contribution < -0.4 is 0 Å². The molecule has 0 aliphatic carbocycles. The van der Waals surface area contributed by atoms with Gasteiger partial charge in [-0.2, -0.15) is 0 Å². The number of hydrogen-bond donors (Lipinski definition) is 1. The average molecular weight is 207 g/mol. The van der Waals surface area contributed by atoms with Crippen LogP contribution in [0.2, 0.25) is 0 Å². The second-order valence-electron chi connectivity index (χ2n) is 2.56. The fraction of sp³-hybridized carbons (Fsp3) is 0.714. The Morgan fingerprint density at radius 2 is 2.36 bits per heavy atom. The standard InChI is InChI=1S/C7H11F2N3O2/c8-6(9)4-14-2-1-12-5-10-11-7(12)3-13/h5-6,13H,1-4H2. The molecule has 1 aromatic heterocycles. The van der Waals surface area contributed by atoms with E-state index in [1.54, 1.807) is 4.57 Å². The second-order valence-corrected chi connectivity index (χ2v) is 2.56. The van der Waals surface area contributed by atoms with Crippen molar-refractivity contribution in [3.8, 4) is 0 Å². The van der Waals surface area contributed by atoms with Crippen LogP contribution >= 0.6 is 0 Å². The van der Waals surface area contributed by atoms with Crippen molar-refractivity contribution in [1.29, 1.82) is 0 Å². The molecule has 0 aromatic carbocycles. The van der Waals surface area contributed by atoms with E-state index in [0.717, 1.165) is 0 Å². The third-order valence-corrected chi connectivity index (χ3v) is 1.56. The minimum Gasteiger partial charge on any atom is -0.388 e. The van der Waals surface area contributed by atoms with Gasteiger partial charge in [0.25, 0.3) is 6.43 Å². The highest BCUT2D eigenvalue weighted by Crippen LogP contribution is 1.96. The zero-order valence-electron chi connectivity index (χ0n) is 7.44. The average Bonchev–Trinajstić information content (AvgIpc) is 2.59. The molecule has 0 spiro atoms. The van der Waals surface area contributed by atoms with Gasteiger partial charge in [0.2, 0.25) is 0 Å². The molecule has 1 N–H and O–H groups in total. The highest BCUT2D eigenvalue weighted by atomic mass is 19.3. The molecule has 0 bridgehead atoms. The summed E-state index contributed by atoms with van der Waals surface area (Å²) in [5, 5.41) is 15.9. The number of halogens is 2. The van der Waals surface area contributed by atoms with Gasteiger partial charge in [-0.1, -0.05) is 0 Å². The topological polar surface area (TPSA) is 60.2 Å². The quantitative estimate of drug-likeness (QED) is 0.670. The zero-order valence-corrected chi connectivity index (χ0v) is 7.44. The van der Waals surface area contributed by atoms with Gasteiger partial charge in [0.05, 0.1) is 6.61 Å². The molecule has 80 valence electrons. The van der Waals surface area contributed by atoms with Crippen LogP contribution in [-0.2, 0) is 17.9 Å². The van der Waals surface area contributed by atoms with Gasteiger partial charge in [-0.05, 0) is 0 Å². The SMILES string of the molecule is OCc1nncn1CCOCC(F)F. The van der Waals surface area contributed by atoms with Gasteiger partial charge >= 0.3 is 0 Å². The Labute approximate surface area is 79.3 Å². The summed E-state index contributed by atoms with van der Waals surface area (Å²) in [5.41, 5.74) is 0. The van der Waals surface area contributed by atoms with E-state index in [2.05, 4.69) is 14.9 Å². The van der Waals surface area contributed by atoms with E-state index in [1.807, 2.05) is 0 Å². The van der Waals surface area contributed by atoms with E-state index in [-0.39, 0.29) is 13.2 Å². The van der Waals surface area contributed by atoms with Gasteiger partial charge in [-0.15, -0.1) is 10.2 Å². The van der Waals surface area contributed by atoms with Crippen molar-refractivity contribution < 1.29 is 18.6 Å². The monoisotopic (exact) mass is 207 g/mol. The third kappa shape index (κ3) is 3.35. The van der Waals surface area contributed by atoms with Crippen molar-refractivity contribution in [2.75, 3.05) is 13.2 Å². The normalized spacial score (nSPS) is 11.1. The number of hydrogen-bond acceptors (Lipinski definition) is 4. The minimum absolute atomic E-state index is 0.148. The van der Waals surface area contributed by atoms with E-state index in [9.17, 15) is 8.78 Å². The second kappa shape index (κ2) is 5.61. The number of ether oxygens (including phenoxy) is 1. The zero-order chi connectivity index (χ0) is 10.4. The first-order valence-corrected chi connectivity index (χ1v) is 4.07. The fourth-order valence-electron chi connectivity index (χ4n) is 0.923. The number of aliphatic hydroxyl groups excluding tert-OH is 1. The van der Waals surface area contributed by atoms with Crippen LogP contribution in [-0.4, -0.2) is 39.5 Å². The van der Waals surface area contributed by atoms with Gasteiger partial charge in [-0.3, -0.25) is 0 Å². The number of nitrogens with zero attached hydrogens (tertiary/aromatic N) is 3. The summed E-state index contributed by atoms with van der Waals surface area (Å²) in [6.07, 6.45) is -1.04. The molecule has 1 heterocycles. The third-order valence-electron chi connectivity index (χ3n) is 1.56. The lowest BCUT2D eigenvalue weighted by molar-refractivity contribution is 0.0144. The number of aromatic nitrogens is 3. The first-order chi connectivity index (χ1) is 6.74. The maximum atomic E-state index is 11.6. The molecule has 0 unspecified atom stereocenters. The van der Waals surface area contributed by atoms with Crippen molar-refractivity contribution in [2.24, 2.45) is 0 Å². The lowest BCUT2D eigenvalue weighted by Gasteiger charge is -2.05. The summed E-state index contributed by atoms with van der Waals surface area (Å²) in [7, 11) is 0. The van der Waals surface area contributed by atoms with Crippen molar-refractivity contribution in [2.45, 2.75) is 19.6 Å². The van der Waals surface area contributed by atoms with E-state index in [0.29, 0.717) is 12.4 Å². The molecule has 1 aromatic rings. The van der Waals surface area contributed by atoms with Gasteiger partial charge in [0.1, 0.15) is 19.5 Å². The van der Waals surface area contributed by atoms with Crippen molar-refractivity contribution in [1.82, 2.24) is 14.8 Å². The molecular weight excluding hydrogens is 196 g/mol. The summed E-state index contributed by atoms with van der Waals surface area (Å²) in [6, 6.07) is 0. The Bertz CT molecular complexity index is 267. The Morgan fingerprint density at radius 3 is 3.00 bits per heavy atom. The number of aliphatic hydroxyl groups is 1. The molecule has 5 nitrogen and oxygen atoms in total. The number of rotatable bonds is 6. The van der Waals surface area contributed by atoms with Gasteiger partial charge < -0.3 is 14.4 Å². The Morgan fingerprint density at radius 1 is 1.57 bits per heavy atom. The number of alkyl halides is 2. The maximum absolute atomic E-state index is 11.6. The predicted octanol–water partition coefficient (Wildman–Crippen LogP) is 0.0521. The highest BCUT2D eigenvalue weighted by Gasteiger charge is 2.04. The minimum atomic E-state index is -2.45. The maximum Gasteiger partial charge on any atom is 0.261 e. The van der Waals surface area contributed by atoms with E-state index >= 15 is 0 Å². The highest BCUT2D eigenvalue weighted by molar-refractivity contribution is 4.81. The lowest BCUT2D eigenvalue weighted by atomic mass is 10.6. The largest absolute Gasteiger partial charge is 0.388 e. The molecule has 14 heavy (non-hydrogen) atoms. The van der Waals surface area contributed by atoms with Crippen LogP contribution in [0.1, 0.15) is 5.82 Å². The Hall–Kier alpha value is -1.08. The summed E-state index contributed by atoms with van der Waals surface area (Å²) in [5.74, 6) is 0.394. The summed E-state index contributed by atoms with van der Waals surface area (Å²) in [6.45, 7) is -0.295. The molecule has 0 fully saturated rings. The first kappa shape index (κ1) is 11.0. The van der Waals surface area contributed by atoms with Crippen LogP contribution in [0.5, 0.6) is 0 Å². The van der Waals surface area contributed by atoms with Crippen LogP contribution in [0.15, 0.2) is 6.33 Å². The van der Waals surface area contributed by atoms with Crippen LogP contribution in [0, 0.1) is 0 Å². The first-order valence-electron chi connectivity index (χ1n) is 4.07. The predicted molar refractivity (Wildman–Crippen MR) is 42.8 cm³/mol. The van der Waals surface area contributed by atoms with E-state index in [1.165, 1.54) is 6.33 Å². The smallest absolute Gasteiger partial charge is 0.261 e. The Balaban J connectivity index is 2.24. The molecule has 1 rings (SSSR count). The summed E-state index contributed by atoms with van der Waals surface area (Å²) in [4.78, 5) is 0. The fourth-order valence-corrected chi connectivity index (χ4v) is 0.923. The van der Waals surface area contributed by atoms with Crippen LogP contribution in [0.3, 0.4) is 0 Å². The van der Waals surface area contributed by atoms with Crippen molar-refractivity contribution in [3.05, 3.63) is 12.2 Å². The molecular formula is C7H11F2N3O2. The molecule has 7 heteroatoms. The Kier molecular flexibility index (Phi) is 4.41. The van der Waals surface area contributed by atoms with Gasteiger partial charge in [0.15, 0.2) is 5.82 Å². The molecule has 0 radical (unpaired) electrons. The van der Waals surface area contributed by atoms with Crippen LogP contribution in [0.25, 0.3) is 0 Å². The molecule has 0 saturated heterocycles. The van der Waals surface area contributed by atoms with Crippen molar-refractivity contribution in [3.63, 3.8) is 0 Å². The molecule has 0 atom stereocenters. The van der Waals surface area contributed by atoms with Gasteiger partial charge in [0, 0.05) is 6.54 Å². The molecule has 0 amide bonds. The van der Waals surface area contributed by atoms with Crippen molar-refractivity contribution >= 4 is 0 Å². The van der Waals surface area contributed by atoms with Crippen LogP contribution in [0.4, 0.5) is 8.78 Å². The summed E-state index contributed by atoms with van der Waals surface area (Å²) < 4.78 is 29.5. The lowest BCUT2D eigenvalue weighted by Crippen LogP contribution is -2.12. The summed E-state index contributed by atoms with van der Waals surface area (Å²) >= 11 is 0.